The van der Waals surface area contributed by atoms with Gasteiger partial charge in [-0.3, -0.25) is 4.90 Å². The van der Waals surface area contributed by atoms with Crippen molar-refractivity contribution in [3.05, 3.63) is 89.9 Å². The highest BCUT2D eigenvalue weighted by molar-refractivity contribution is 5.70. The van der Waals surface area contributed by atoms with Crippen LogP contribution in [0.15, 0.2) is 55.8 Å². The summed E-state index contributed by atoms with van der Waals surface area (Å²) in [5.41, 5.74) is 1.86. The molecule has 0 aliphatic rings. The molecule has 0 aromatic heterocycles. The standard InChI is InChI=1S/C22H25F3N2/c1-6-26(4)14-27(5)13-20(19-10-8-17(23)12-22(19)25)16(3)18-9-7-15(2)11-21(18)24/h6-12,20H,1,3,13-14H2,2,4-5H3. The Morgan fingerprint density at radius 1 is 1.07 bits per heavy atom. The van der Waals surface area contributed by atoms with E-state index in [-0.39, 0.29) is 5.56 Å². The van der Waals surface area contributed by atoms with E-state index in [1.54, 1.807) is 25.3 Å². The first kappa shape index (κ1) is 20.8. The van der Waals surface area contributed by atoms with Gasteiger partial charge in [-0.15, -0.1) is 0 Å². The van der Waals surface area contributed by atoms with Gasteiger partial charge in [0.05, 0.1) is 6.67 Å². The maximum absolute atomic E-state index is 14.5. The normalized spacial score (nSPS) is 12.1. The van der Waals surface area contributed by atoms with Crippen molar-refractivity contribution in [1.82, 2.24) is 9.80 Å². The minimum Gasteiger partial charge on any atom is -0.368 e. The Morgan fingerprint density at radius 2 is 1.78 bits per heavy atom. The van der Waals surface area contributed by atoms with Gasteiger partial charge in [0, 0.05) is 31.1 Å². The molecule has 0 fully saturated rings. The van der Waals surface area contributed by atoms with Crippen molar-refractivity contribution in [2.45, 2.75) is 12.8 Å². The predicted octanol–water partition coefficient (Wildman–Crippen LogP) is 5.17. The monoisotopic (exact) mass is 374 g/mol. The number of likely N-dealkylation sites (N-methyl/N-ethyl adjacent to an activating group) is 1. The Balaban J connectivity index is 2.42. The van der Waals surface area contributed by atoms with Gasteiger partial charge in [-0.05, 0) is 49.0 Å². The number of nitrogens with zero attached hydrogens (tertiary/aromatic N) is 2. The summed E-state index contributed by atoms with van der Waals surface area (Å²) in [5, 5.41) is 0. The van der Waals surface area contributed by atoms with Gasteiger partial charge in [-0.1, -0.05) is 31.4 Å². The second-order valence-electron chi connectivity index (χ2n) is 6.85. The van der Waals surface area contributed by atoms with E-state index in [0.717, 1.165) is 11.6 Å². The van der Waals surface area contributed by atoms with Crippen LogP contribution in [0.3, 0.4) is 0 Å². The fourth-order valence-corrected chi connectivity index (χ4v) is 3.06. The van der Waals surface area contributed by atoms with Gasteiger partial charge in [0.15, 0.2) is 0 Å². The van der Waals surface area contributed by atoms with Crippen LogP contribution in [0.1, 0.15) is 22.6 Å². The highest BCUT2D eigenvalue weighted by Gasteiger charge is 2.24. The molecule has 0 aliphatic carbocycles. The van der Waals surface area contributed by atoms with E-state index >= 15 is 0 Å². The fraction of sp³-hybridized carbons (Fsp3) is 0.273. The lowest BCUT2D eigenvalue weighted by molar-refractivity contribution is 0.225. The molecule has 0 saturated carbocycles. The van der Waals surface area contributed by atoms with Crippen molar-refractivity contribution in [3.63, 3.8) is 0 Å². The van der Waals surface area contributed by atoms with E-state index in [4.69, 9.17) is 0 Å². The van der Waals surface area contributed by atoms with E-state index in [1.165, 1.54) is 18.2 Å². The molecule has 0 bridgehead atoms. The van der Waals surface area contributed by atoms with Crippen LogP contribution in [-0.2, 0) is 0 Å². The number of hydrogen-bond donors (Lipinski definition) is 0. The summed E-state index contributed by atoms with van der Waals surface area (Å²) in [4.78, 5) is 3.82. The topological polar surface area (TPSA) is 6.48 Å². The third-order valence-corrected chi connectivity index (χ3v) is 4.50. The molecule has 27 heavy (non-hydrogen) atoms. The van der Waals surface area contributed by atoms with Gasteiger partial charge < -0.3 is 4.90 Å². The zero-order chi connectivity index (χ0) is 20.1. The molecule has 0 aliphatic heterocycles. The van der Waals surface area contributed by atoms with Crippen LogP contribution < -0.4 is 0 Å². The zero-order valence-electron chi connectivity index (χ0n) is 16.0. The molecule has 0 spiro atoms. The smallest absolute Gasteiger partial charge is 0.130 e. The highest BCUT2D eigenvalue weighted by atomic mass is 19.1. The van der Waals surface area contributed by atoms with Gasteiger partial charge in [0.1, 0.15) is 17.5 Å². The first-order valence-corrected chi connectivity index (χ1v) is 8.64. The van der Waals surface area contributed by atoms with Gasteiger partial charge in [0.2, 0.25) is 0 Å². The zero-order valence-corrected chi connectivity index (χ0v) is 16.0. The van der Waals surface area contributed by atoms with E-state index in [2.05, 4.69) is 13.2 Å². The van der Waals surface area contributed by atoms with Crippen molar-refractivity contribution < 1.29 is 13.2 Å². The molecule has 144 valence electrons. The molecule has 0 amide bonds. The molecule has 2 aromatic rings. The van der Waals surface area contributed by atoms with Crippen LogP contribution in [0.5, 0.6) is 0 Å². The average molecular weight is 374 g/mol. The molecule has 0 radical (unpaired) electrons. The summed E-state index contributed by atoms with van der Waals surface area (Å²) in [6.07, 6.45) is 1.68. The Hall–Kier alpha value is -2.53. The fourth-order valence-electron chi connectivity index (χ4n) is 3.06. The Kier molecular flexibility index (Phi) is 6.86. The minimum atomic E-state index is -0.667. The molecule has 1 unspecified atom stereocenters. The van der Waals surface area contributed by atoms with E-state index in [1.807, 2.05) is 23.9 Å². The Morgan fingerprint density at radius 3 is 2.37 bits per heavy atom. The van der Waals surface area contributed by atoms with Crippen molar-refractivity contribution >= 4 is 5.57 Å². The van der Waals surface area contributed by atoms with Crippen molar-refractivity contribution in [2.75, 3.05) is 27.3 Å². The molecular weight excluding hydrogens is 349 g/mol. The first-order chi connectivity index (χ1) is 12.7. The largest absolute Gasteiger partial charge is 0.368 e. The summed E-state index contributed by atoms with van der Waals surface area (Å²) in [6, 6.07) is 8.32. The van der Waals surface area contributed by atoms with Crippen LogP contribution in [0.4, 0.5) is 13.2 Å². The van der Waals surface area contributed by atoms with E-state index < -0.39 is 23.4 Å². The second-order valence-corrected chi connectivity index (χ2v) is 6.85. The summed E-state index contributed by atoms with van der Waals surface area (Å²) < 4.78 is 42.4. The number of rotatable bonds is 8. The van der Waals surface area contributed by atoms with Crippen LogP contribution in [-0.4, -0.2) is 37.1 Å². The molecule has 2 nitrogen and oxygen atoms in total. The lowest BCUT2D eigenvalue weighted by Gasteiger charge is -2.29. The number of hydrogen-bond acceptors (Lipinski definition) is 2. The third kappa shape index (κ3) is 5.23. The number of benzene rings is 2. The molecule has 5 heteroatoms. The molecule has 0 heterocycles. The molecule has 0 saturated heterocycles. The van der Waals surface area contributed by atoms with Gasteiger partial charge >= 0.3 is 0 Å². The third-order valence-electron chi connectivity index (χ3n) is 4.50. The van der Waals surface area contributed by atoms with Crippen LogP contribution in [0, 0.1) is 24.4 Å². The number of halogens is 3. The SMILES string of the molecule is C=CN(C)CN(C)CC(C(=C)c1ccc(C)cc1F)c1ccc(F)cc1F. The summed E-state index contributed by atoms with van der Waals surface area (Å²) in [5.74, 6) is -2.26. The van der Waals surface area contributed by atoms with Gasteiger partial charge in [-0.2, -0.15) is 0 Å². The highest BCUT2D eigenvalue weighted by Crippen LogP contribution is 2.34. The van der Waals surface area contributed by atoms with E-state index in [9.17, 15) is 13.2 Å². The maximum atomic E-state index is 14.5. The van der Waals surface area contributed by atoms with Crippen molar-refractivity contribution in [1.29, 1.82) is 0 Å². The number of aryl methyl sites for hydroxylation is 1. The minimum absolute atomic E-state index is 0.287. The lowest BCUT2D eigenvalue weighted by atomic mass is 9.86. The predicted molar refractivity (Wildman–Crippen MR) is 105 cm³/mol. The van der Waals surface area contributed by atoms with Crippen molar-refractivity contribution in [2.24, 2.45) is 0 Å². The summed E-state index contributed by atoms with van der Waals surface area (Å²) >= 11 is 0. The molecule has 0 N–H and O–H groups in total. The lowest BCUT2D eigenvalue weighted by Crippen LogP contribution is -2.33. The maximum Gasteiger partial charge on any atom is 0.130 e. The summed E-state index contributed by atoms with van der Waals surface area (Å²) in [6.45, 7) is 10.5. The summed E-state index contributed by atoms with van der Waals surface area (Å²) in [7, 11) is 3.73. The molecular formula is C22H25F3N2. The second kappa shape index (κ2) is 8.91. The van der Waals surface area contributed by atoms with Crippen molar-refractivity contribution in [3.8, 4) is 0 Å². The Labute approximate surface area is 159 Å². The van der Waals surface area contributed by atoms with Gasteiger partial charge in [-0.25, -0.2) is 13.2 Å². The van der Waals surface area contributed by atoms with Crippen LogP contribution in [0.25, 0.3) is 5.57 Å². The van der Waals surface area contributed by atoms with Crippen LogP contribution >= 0.6 is 0 Å². The quantitative estimate of drug-likeness (QED) is 0.588. The Bertz CT molecular complexity index is 832. The molecule has 1 atom stereocenters. The first-order valence-electron chi connectivity index (χ1n) is 8.64. The molecule has 2 rings (SSSR count). The average Bonchev–Trinajstić information content (AvgIpc) is 2.59. The van der Waals surface area contributed by atoms with E-state index in [0.29, 0.717) is 24.4 Å². The van der Waals surface area contributed by atoms with Gasteiger partial charge in [0.25, 0.3) is 0 Å². The van der Waals surface area contributed by atoms with Crippen LogP contribution in [0.2, 0.25) is 0 Å². The molecule has 2 aromatic carbocycles.